The third-order valence-electron chi connectivity index (χ3n) is 2.95. The Morgan fingerprint density at radius 3 is 2.57 bits per heavy atom. The van der Waals surface area contributed by atoms with Crippen LogP contribution in [0.4, 0.5) is 4.39 Å². The Kier molecular flexibility index (Phi) is 4.93. The fourth-order valence-corrected chi connectivity index (χ4v) is 1.86. The molecule has 0 radical (unpaired) electrons. The number of carbonyl (C=O) groups excluding carboxylic acids is 1. The van der Waals surface area contributed by atoms with Gasteiger partial charge in [0.05, 0.1) is 5.56 Å². The molecule has 0 aliphatic carbocycles. The van der Waals surface area contributed by atoms with Crippen molar-refractivity contribution in [2.24, 2.45) is 0 Å². The number of benzene rings is 2. The summed E-state index contributed by atoms with van der Waals surface area (Å²) in [5.74, 6) is -0.143. The zero-order chi connectivity index (χ0) is 15.2. The number of ether oxygens (including phenoxy) is 2. The van der Waals surface area contributed by atoms with Gasteiger partial charge in [-0.15, -0.1) is 0 Å². The molecule has 1 atom stereocenters. The van der Waals surface area contributed by atoms with Gasteiger partial charge in [0, 0.05) is 6.92 Å². The molecule has 3 nitrogen and oxygen atoms in total. The Morgan fingerprint density at radius 1 is 1.19 bits per heavy atom. The number of carbonyl (C=O) groups is 1. The maximum absolute atomic E-state index is 12.8. The number of hydrogen-bond donors (Lipinski definition) is 0. The summed E-state index contributed by atoms with van der Waals surface area (Å²) in [5, 5.41) is 0. The van der Waals surface area contributed by atoms with Gasteiger partial charge in [-0.05, 0) is 30.2 Å². The van der Waals surface area contributed by atoms with E-state index >= 15 is 0 Å². The largest absolute Gasteiger partial charge is 0.489 e. The van der Waals surface area contributed by atoms with Crippen LogP contribution in [0, 0.1) is 6.92 Å². The highest BCUT2D eigenvalue weighted by Crippen LogP contribution is 2.20. The number of rotatable bonds is 5. The standard InChI is InChI=1S/C17H17FO3/c1-12-8-9-15(10-16(12)17(19)21-13(2)18)20-11-14-6-4-3-5-7-14/h3-10,13H,11H2,1-2H3. The Labute approximate surface area is 123 Å². The summed E-state index contributed by atoms with van der Waals surface area (Å²) in [5.41, 5.74) is 2.05. The van der Waals surface area contributed by atoms with Gasteiger partial charge < -0.3 is 9.47 Å². The number of hydrogen-bond acceptors (Lipinski definition) is 3. The molecule has 0 aromatic heterocycles. The van der Waals surface area contributed by atoms with Crippen molar-refractivity contribution >= 4 is 5.97 Å². The van der Waals surface area contributed by atoms with E-state index in [2.05, 4.69) is 4.74 Å². The van der Waals surface area contributed by atoms with Crippen LogP contribution >= 0.6 is 0 Å². The van der Waals surface area contributed by atoms with Crippen molar-refractivity contribution in [2.75, 3.05) is 0 Å². The molecule has 4 heteroatoms. The van der Waals surface area contributed by atoms with Gasteiger partial charge in [-0.2, -0.15) is 0 Å². The molecule has 0 aliphatic rings. The van der Waals surface area contributed by atoms with Crippen molar-refractivity contribution in [1.29, 1.82) is 0 Å². The molecule has 2 aromatic rings. The predicted octanol–water partition coefficient (Wildman–Crippen LogP) is 4.05. The van der Waals surface area contributed by atoms with Crippen LogP contribution in [0.25, 0.3) is 0 Å². The molecule has 2 aromatic carbocycles. The lowest BCUT2D eigenvalue weighted by Crippen LogP contribution is -2.12. The van der Waals surface area contributed by atoms with Gasteiger partial charge in [0.1, 0.15) is 12.4 Å². The third-order valence-corrected chi connectivity index (χ3v) is 2.95. The lowest BCUT2D eigenvalue weighted by atomic mass is 10.1. The Morgan fingerprint density at radius 2 is 1.90 bits per heavy atom. The van der Waals surface area contributed by atoms with Crippen LogP contribution in [0.2, 0.25) is 0 Å². The quantitative estimate of drug-likeness (QED) is 0.779. The van der Waals surface area contributed by atoms with E-state index in [9.17, 15) is 9.18 Å². The second-order valence-corrected chi connectivity index (χ2v) is 4.70. The zero-order valence-electron chi connectivity index (χ0n) is 12.0. The van der Waals surface area contributed by atoms with Gasteiger partial charge in [0.25, 0.3) is 0 Å². The van der Waals surface area contributed by atoms with Crippen molar-refractivity contribution in [3.05, 3.63) is 65.2 Å². The molecule has 2 rings (SSSR count). The van der Waals surface area contributed by atoms with Crippen LogP contribution in [0.15, 0.2) is 48.5 Å². The van der Waals surface area contributed by atoms with E-state index in [-0.39, 0.29) is 0 Å². The monoisotopic (exact) mass is 288 g/mol. The molecule has 0 saturated heterocycles. The molecule has 110 valence electrons. The smallest absolute Gasteiger partial charge is 0.341 e. The molecule has 21 heavy (non-hydrogen) atoms. The van der Waals surface area contributed by atoms with Gasteiger partial charge in [0.2, 0.25) is 6.36 Å². The summed E-state index contributed by atoms with van der Waals surface area (Å²) < 4.78 is 23.0. The van der Waals surface area contributed by atoms with Gasteiger partial charge in [-0.25, -0.2) is 9.18 Å². The molecule has 0 spiro atoms. The Hall–Kier alpha value is -2.36. The van der Waals surface area contributed by atoms with Crippen LogP contribution in [0.1, 0.15) is 28.4 Å². The number of aryl methyl sites for hydroxylation is 1. The van der Waals surface area contributed by atoms with E-state index in [0.29, 0.717) is 23.5 Å². The topological polar surface area (TPSA) is 35.5 Å². The second kappa shape index (κ2) is 6.88. The molecular weight excluding hydrogens is 271 g/mol. The summed E-state index contributed by atoms with van der Waals surface area (Å²) in [6.07, 6.45) is -1.63. The molecule has 0 bridgehead atoms. The van der Waals surface area contributed by atoms with E-state index < -0.39 is 12.3 Å². The summed E-state index contributed by atoms with van der Waals surface area (Å²) >= 11 is 0. The molecule has 0 heterocycles. The van der Waals surface area contributed by atoms with Crippen LogP contribution in [-0.4, -0.2) is 12.3 Å². The van der Waals surface area contributed by atoms with Crippen LogP contribution in [0.3, 0.4) is 0 Å². The summed E-state index contributed by atoms with van der Waals surface area (Å²) in [6.45, 7) is 3.33. The molecule has 0 amide bonds. The van der Waals surface area contributed by atoms with Crippen molar-refractivity contribution in [2.45, 2.75) is 26.8 Å². The predicted molar refractivity (Wildman–Crippen MR) is 77.9 cm³/mol. The van der Waals surface area contributed by atoms with Crippen molar-refractivity contribution < 1.29 is 18.7 Å². The van der Waals surface area contributed by atoms with Gasteiger partial charge >= 0.3 is 5.97 Å². The van der Waals surface area contributed by atoms with Gasteiger partial charge in [0.15, 0.2) is 0 Å². The lowest BCUT2D eigenvalue weighted by molar-refractivity contribution is -0.00585. The minimum Gasteiger partial charge on any atom is -0.489 e. The normalized spacial score (nSPS) is 11.8. The lowest BCUT2D eigenvalue weighted by Gasteiger charge is -2.11. The highest BCUT2D eigenvalue weighted by Gasteiger charge is 2.14. The first-order valence-corrected chi connectivity index (χ1v) is 6.68. The van der Waals surface area contributed by atoms with Crippen molar-refractivity contribution in [3.63, 3.8) is 0 Å². The first-order chi connectivity index (χ1) is 10.1. The van der Waals surface area contributed by atoms with E-state index in [4.69, 9.17) is 4.74 Å². The van der Waals surface area contributed by atoms with Crippen LogP contribution < -0.4 is 4.74 Å². The molecule has 0 saturated carbocycles. The third kappa shape index (κ3) is 4.31. The fraction of sp³-hybridized carbons (Fsp3) is 0.235. The zero-order valence-corrected chi connectivity index (χ0v) is 12.0. The highest BCUT2D eigenvalue weighted by atomic mass is 19.1. The maximum atomic E-state index is 12.8. The highest BCUT2D eigenvalue weighted by molar-refractivity contribution is 5.91. The Bertz CT molecular complexity index is 609. The second-order valence-electron chi connectivity index (χ2n) is 4.70. The SMILES string of the molecule is Cc1ccc(OCc2ccccc2)cc1C(=O)OC(C)F. The van der Waals surface area contributed by atoms with E-state index in [1.165, 1.54) is 6.92 Å². The van der Waals surface area contributed by atoms with Crippen molar-refractivity contribution in [3.8, 4) is 5.75 Å². The first-order valence-electron chi connectivity index (χ1n) is 6.68. The molecule has 0 N–H and O–H groups in total. The summed E-state index contributed by atoms with van der Waals surface area (Å²) in [7, 11) is 0. The number of alkyl halides is 1. The number of esters is 1. The first kappa shape index (κ1) is 15.0. The maximum Gasteiger partial charge on any atom is 0.341 e. The van der Waals surface area contributed by atoms with Crippen molar-refractivity contribution in [1.82, 2.24) is 0 Å². The molecular formula is C17H17FO3. The van der Waals surface area contributed by atoms with Crippen LogP contribution in [-0.2, 0) is 11.3 Å². The van der Waals surface area contributed by atoms with Gasteiger partial charge in [-0.3, -0.25) is 0 Å². The average molecular weight is 288 g/mol. The van der Waals surface area contributed by atoms with E-state index in [1.807, 2.05) is 30.3 Å². The minimum atomic E-state index is -1.63. The fourth-order valence-electron chi connectivity index (χ4n) is 1.86. The Balaban J connectivity index is 2.09. The van der Waals surface area contributed by atoms with Crippen LogP contribution in [0.5, 0.6) is 5.75 Å². The number of halogens is 1. The minimum absolute atomic E-state index is 0.310. The van der Waals surface area contributed by atoms with E-state index in [1.54, 1.807) is 25.1 Å². The molecule has 0 aliphatic heterocycles. The average Bonchev–Trinajstić information content (AvgIpc) is 2.46. The summed E-state index contributed by atoms with van der Waals surface area (Å²) in [4.78, 5) is 11.8. The molecule has 1 unspecified atom stereocenters. The van der Waals surface area contributed by atoms with Gasteiger partial charge in [-0.1, -0.05) is 36.4 Å². The molecule has 0 fully saturated rings. The van der Waals surface area contributed by atoms with E-state index in [0.717, 1.165) is 5.56 Å². The summed E-state index contributed by atoms with van der Waals surface area (Å²) in [6, 6.07) is 14.8.